The Kier molecular flexibility index (Phi) is 7.00. The molecule has 3 aromatic rings. The first-order valence-corrected chi connectivity index (χ1v) is 10.7. The van der Waals surface area contributed by atoms with Gasteiger partial charge in [0, 0.05) is 29.2 Å². The molecular weight excluding hydrogens is 404 g/mol. The molecule has 6 nitrogen and oxygen atoms in total. The van der Waals surface area contributed by atoms with E-state index in [9.17, 15) is 4.79 Å². The van der Waals surface area contributed by atoms with Crippen molar-refractivity contribution in [3.05, 3.63) is 59.4 Å². The molecule has 2 N–H and O–H groups in total. The van der Waals surface area contributed by atoms with Gasteiger partial charge in [-0.1, -0.05) is 30.3 Å². The van der Waals surface area contributed by atoms with Gasteiger partial charge >= 0.3 is 5.97 Å². The van der Waals surface area contributed by atoms with Crippen LogP contribution in [0.3, 0.4) is 0 Å². The molecule has 0 saturated heterocycles. The standard InChI is InChI=1S/C21H24N4O2S2/c1-4-25-14(3)16(13-23-25)12-22-21(28)24-19-17(20(26)27-5-2)11-18(29-19)15-9-7-6-8-10-15/h6-11,13H,4-5,12H2,1-3H3,(H2,22,24,28). The zero-order valence-electron chi connectivity index (χ0n) is 16.7. The van der Waals surface area contributed by atoms with E-state index in [-0.39, 0.29) is 5.97 Å². The third-order valence-electron chi connectivity index (χ3n) is 4.46. The molecule has 2 aromatic heterocycles. The third kappa shape index (κ3) is 5.02. The van der Waals surface area contributed by atoms with Crippen LogP contribution < -0.4 is 10.6 Å². The Morgan fingerprint density at radius 2 is 2.03 bits per heavy atom. The maximum Gasteiger partial charge on any atom is 0.341 e. The van der Waals surface area contributed by atoms with Crippen molar-refractivity contribution in [3.63, 3.8) is 0 Å². The van der Waals surface area contributed by atoms with Gasteiger partial charge in [-0.15, -0.1) is 11.3 Å². The zero-order valence-corrected chi connectivity index (χ0v) is 18.3. The van der Waals surface area contributed by atoms with Gasteiger partial charge in [-0.2, -0.15) is 5.10 Å². The topological polar surface area (TPSA) is 68.2 Å². The van der Waals surface area contributed by atoms with Crippen LogP contribution >= 0.6 is 23.6 Å². The van der Waals surface area contributed by atoms with Crippen LogP contribution in [-0.4, -0.2) is 27.5 Å². The van der Waals surface area contributed by atoms with Gasteiger partial charge in [-0.3, -0.25) is 4.68 Å². The monoisotopic (exact) mass is 428 g/mol. The van der Waals surface area contributed by atoms with E-state index in [4.69, 9.17) is 17.0 Å². The Morgan fingerprint density at radius 1 is 1.28 bits per heavy atom. The largest absolute Gasteiger partial charge is 0.462 e. The van der Waals surface area contributed by atoms with Crippen LogP contribution in [0.4, 0.5) is 5.00 Å². The third-order valence-corrected chi connectivity index (χ3v) is 5.80. The van der Waals surface area contributed by atoms with Crippen LogP contribution in [0.25, 0.3) is 10.4 Å². The molecule has 0 bridgehead atoms. The van der Waals surface area contributed by atoms with Crippen molar-refractivity contribution < 1.29 is 9.53 Å². The Bertz CT molecular complexity index is 996. The molecule has 2 heterocycles. The number of carbonyl (C=O) groups excluding carboxylic acids is 1. The fraction of sp³-hybridized carbons (Fsp3) is 0.286. The van der Waals surface area contributed by atoms with E-state index in [0.717, 1.165) is 28.2 Å². The van der Waals surface area contributed by atoms with Crippen LogP contribution in [0.15, 0.2) is 42.6 Å². The summed E-state index contributed by atoms with van der Waals surface area (Å²) >= 11 is 6.93. The van der Waals surface area contributed by atoms with Crippen molar-refractivity contribution >= 4 is 39.6 Å². The first-order chi connectivity index (χ1) is 14.0. The maximum absolute atomic E-state index is 12.4. The SMILES string of the molecule is CCOC(=O)c1cc(-c2ccccc2)sc1NC(=S)NCc1cnn(CC)c1C. The average molecular weight is 429 g/mol. The lowest BCUT2D eigenvalue weighted by atomic mass is 10.1. The number of hydrogen-bond acceptors (Lipinski definition) is 5. The molecule has 0 aliphatic carbocycles. The predicted octanol–water partition coefficient (Wildman–Crippen LogP) is 4.60. The van der Waals surface area contributed by atoms with Gasteiger partial charge in [0.05, 0.1) is 18.4 Å². The molecule has 0 saturated carbocycles. The predicted molar refractivity (Wildman–Crippen MR) is 121 cm³/mol. The summed E-state index contributed by atoms with van der Waals surface area (Å²) in [4.78, 5) is 13.4. The molecule has 0 fully saturated rings. The molecule has 8 heteroatoms. The van der Waals surface area contributed by atoms with Crippen LogP contribution in [0.5, 0.6) is 0 Å². The molecule has 29 heavy (non-hydrogen) atoms. The number of nitrogens with one attached hydrogen (secondary N) is 2. The Labute approximate surface area is 179 Å². The molecule has 0 aliphatic heterocycles. The summed E-state index contributed by atoms with van der Waals surface area (Å²) in [5, 5.41) is 11.8. The van der Waals surface area contributed by atoms with E-state index in [1.54, 1.807) is 6.92 Å². The highest BCUT2D eigenvalue weighted by atomic mass is 32.1. The number of benzene rings is 1. The fourth-order valence-electron chi connectivity index (χ4n) is 2.89. The number of aryl methyl sites for hydroxylation is 1. The highest BCUT2D eigenvalue weighted by Crippen LogP contribution is 2.35. The quantitative estimate of drug-likeness (QED) is 0.423. The summed E-state index contributed by atoms with van der Waals surface area (Å²) in [6.45, 7) is 7.59. The summed E-state index contributed by atoms with van der Waals surface area (Å²) < 4.78 is 7.15. The normalized spacial score (nSPS) is 10.6. The first-order valence-electron chi connectivity index (χ1n) is 9.46. The average Bonchev–Trinajstić information content (AvgIpc) is 3.30. The van der Waals surface area contributed by atoms with Gasteiger partial charge in [0.1, 0.15) is 5.00 Å². The summed E-state index contributed by atoms with van der Waals surface area (Å²) in [7, 11) is 0. The number of aromatic nitrogens is 2. The second-order valence-corrected chi connectivity index (χ2v) is 7.78. The van der Waals surface area contributed by atoms with E-state index in [1.807, 2.05) is 54.2 Å². The van der Waals surface area contributed by atoms with E-state index in [1.165, 1.54) is 11.3 Å². The van der Waals surface area contributed by atoms with Crippen molar-refractivity contribution in [2.45, 2.75) is 33.9 Å². The minimum atomic E-state index is -0.365. The van der Waals surface area contributed by atoms with E-state index in [2.05, 4.69) is 22.7 Å². The number of ether oxygens (including phenoxy) is 1. The van der Waals surface area contributed by atoms with Crippen molar-refractivity contribution in [2.24, 2.45) is 0 Å². The summed E-state index contributed by atoms with van der Waals surface area (Å²) in [6.07, 6.45) is 1.84. The molecule has 152 valence electrons. The Hall–Kier alpha value is -2.71. The van der Waals surface area contributed by atoms with Gasteiger partial charge in [0.2, 0.25) is 0 Å². The van der Waals surface area contributed by atoms with E-state index >= 15 is 0 Å². The smallest absolute Gasteiger partial charge is 0.341 e. The zero-order chi connectivity index (χ0) is 20.8. The van der Waals surface area contributed by atoms with Crippen molar-refractivity contribution in [1.82, 2.24) is 15.1 Å². The number of nitrogens with zero attached hydrogens (tertiary/aromatic N) is 2. The van der Waals surface area contributed by atoms with Gasteiger partial charge in [0.15, 0.2) is 5.11 Å². The van der Waals surface area contributed by atoms with Crippen molar-refractivity contribution in [3.8, 4) is 10.4 Å². The molecule has 0 unspecified atom stereocenters. The number of thiophene rings is 1. The second-order valence-electron chi connectivity index (χ2n) is 6.32. The van der Waals surface area contributed by atoms with E-state index in [0.29, 0.717) is 28.8 Å². The molecule has 0 aliphatic rings. The molecule has 0 radical (unpaired) electrons. The van der Waals surface area contributed by atoms with Crippen molar-refractivity contribution in [1.29, 1.82) is 0 Å². The molecule has 0 atom stereocenters. The van der Waals surface area contributed by atoms with Crippen molar-refractivity contribution in [2.75, 3.05) is 11.9 Å². The van der Waals surface area contributed by atoms with Gasteiger partial charge < -0.3 is 15.4 Å². The van der Waals surface area contributed by atoms with Gasteiger partial charge in [0.25, 0.3) is 0 Å². The first kappa shape index (κ1) is 21.0. The fourth-order valence-corrected chi connectivity index (χ4v) is 4.18. The lowest BCUT2D eigenvalue weighted by Gasteiger charge is -2.10. The van der Waals surface area contributed by atoms with Crippen LogP contribution in [0, 0.1) is 6.92 Å². The highest BCUT2D eigenvalue weighted by molar-refractivity contribution is 7.80. The molecule has 0 amide bonds. The second kappa shape index (κ2) is 9.67. The molecule has 0 spiro atoms. The lowest BCUT2D eigenvalue weighted by molar-refractivity contribution is 0.0528. The number of esters is 1. The van der Waals surface area contributed by atoms with Crippen LogP contribution in [0.2, 0.25) is 0 Å². The summed E-state index contributed by atoms with van der Waals surface area (Å²) in [5.41, 5.74) is 3.71. The molecule has 1 aromatic carbocycles. The summed E-state index contributed by atoms with van der Waals surface area (Å²) in [5.74, 6) is -0.365. The number of thiocarbonyl (C=S) groups is 1. The minimum absolute atomic E-state index is 0.318. The number of hydrogen-bond donors (Lipinski definition) is 2. The van der Waals surface area contributed by atoms with Crippen LogP contribution in [-0.2, 0) is 17.8 Å². The maximum atomic E-state index is 12.4. The molecule has 3 rings (SSSR count). The lowest BCUT2D eigenvalue weighted by Crippen LogP contribution is -2.28. The van der Waals surface area contributed by atoms with E-state index < -0.39 is 0 Å². The van der Waals surface area contributed by atoms with Gasteiger partial charge in [-0.05, 0) is 44.6 Å². The summed E-state index contributed by atoms with van der Waals surface area (Å²) in [6, 6.07) is 11.8. The molecular formula is C21H24N4O2S2. The number of anilines is 1. The van der Waals surface area contributed by atoms with Crippen LogP contribution in [0.1, 0.15) is 35.5 Å². The minimum Gasteiger partial charge on any atom is -0.462 e. The Morgan fingerprint density at radius 3 is 2.69 bits per heavy atom. The number of carbonyl (C=O) groups is 1. The Balaban J connectivity index is 1.75. The van der Waals surface area contributed by atoms with Gasteiger partial charge in [-0.25, -0.2) is 4.79 Å². The highest BCUT2D eigenvalue weighted by Gasteiger charge is 2.19. The number of rotatable bonds is 7.